The molecule has 5 N–H and O–H groups in total. The number of nitrogens with zero attached hydrogens (tertiary/aromatic N) is 3. The largest absolute Gasteiger partial charge is 0.376 e. The number of hydrogen-bond acceptors (Lipinski definition) is 6. The first-order valence-electron chi connectivity index (χ1n) is 12.4. The molecule has 10 heteroatoms. The molecule has 2 heterocycles. The standard InChI is InChI=1S/C25H37N7O3/c1-4-13-31-23-21(24(34)32(14-5-2)25(31)35)29-22(30-23)17(3)15-18-7-9-19(10-8-18)28-16-20(33)27-12-6-11-26/h7-10,17,28H,4-6,11-16,26H2,1-3H3,(H,27,33)(H,29,30). The molecule has 3 aromatic rings. The lowest BCUT2D eigenvalue weighted by molar-refractivity contribution is -0.119. The first-order valence-corrected chi connectivity index (χ1v) is 12.4. The Labute approximate surface area is 204 Å². The number of hydrogen-bond donors (Lipinski definition) is 4. The number of anilines is 1. The van der Waals surface area contributed by atoms with Crippen LogP contribution in [-0.2, 0) is 24.3 Å². The lowest BCUT2D eigenvalue weighted by atomic mass is 10.0. The van der Waals surface area contributed by atoms with E-state index in [1.165, 1.54) is 4.57 Å². The molecule has 0 saturated heterocycles. The number of carbonyl (C=O) groups is 1. The molecule has 0 fully saturated rings. The first-order chi connectivity index (χ1) is 16.9. The third-order valence-corrected chi connectivity index (χ3v) is 5.89. The van der Waals surface area contributed by atoms with Crippen LogP contribution in [0.15, 0.2) is 33.9 Å². The van der Waals surface area contributed by atoms with Crippen molar-refractivity contribution < 1.29 is 4.79 Å². The number of rotatable bonds is 13. The Morgan fingerprint density at radius 2 is 1.80 bits per heavy atom. The summed E-state index contributed by atoms with van der Waals surface area (Å²) >= 11 is 0. The Bertz CT molecular complexity index is 1240. The molecule has 3 rings (SSSR count). The van der Waals surface area contributed by atoms with Gasteiger partial charge >= 0.3 is 5.69 Å². The third kappa shape index (κ3) is 6.39. The van der Waals surface area contributed by atoms with Crippen LogP contribution in [0.3, 0.4) is 0 Å². The van der Waals surface area contributed by atoms with Crippen molar-refractivity contribution in [1.82, 2.24) is 24.4 Å². The van der Waals surface area contributed by atoms with Gasteiger partial charge in [-0.2, -0.15) is 0 Å². The molecule has 1 atom stereocenters. The molecule has 1 aromatic carbocycles. The minimum absolute atomic E-state index is 0.0127. The summed E-state index contributed by atoms with van der Waals surface area (Å²) in [6.07, 6.45) is 2.94. The van der Waals surface area contributed by atoms with Gasteiger partial charge in [0.15, 0.2) is 5.65 Å². The van der Waals surface area contributed by atoms with E-state index in [1.54, 1.807) is 4.57 Å². The average molecular weight is 484 g/mol. The van der Waals surface area contributed by atoms with Gasteiger partial charge in [0.1, 0.15) is 11.3 Å². The fourth-order valence-electron chi connectivity index (χ4n) is 4.05. The van der Waals surface area contributed by atoms with Crippen LogP contribution in [-0.4, -0.2) is 44.6 Å². The zero-order chi connectivity index (χ0) is 25.4. The first kappa shape index (κ1) is 26.2. The molecule has 10 nitrogen and oxygen atoms in total. The van der Waals surface area contributed by atoms with E-state index in [-0.39, 0.29) is 29.6 Å². The quantitative estimate of drug-likeness (QED) is 0.274. The van der Waals surface area contributed by atoms with Crippen molar-refractivity contribution in [2.75, 3.05) is 25.0 Å². The molecule has 0 bridgehead atoms. The van der Waals surface area contributed by atoms with Gasteiger partial charge in [0.05, 0.1) is 6.54 Å². The Hall–Kier alpha value is -3.40. The number of nitrogens with two attached hydrogens (primary N) is 1. The van der Waals surface area contributed by atoms with Crippen LogP contribution in [0.5, 0.6) is 0 Å². The third-order valence-electron chi connectivity index (χ3n) is 5.89. The Morgan fingerprint density at radius 1 is 1.11 bits per heavy atom. The molecule has 0 aliphatic heterocycles. The van der Waals surface area contributed by atoms with Crippen molar-refractivity contribution in [3.63, 3.8) is 0 Å². The van der Waals surface area contributed by atoms with Gasteiger partial charge < -0.3 is 21.4 Å². The van der Waals surface area contributed by atoms with Crippen molar-refractivity contribution in [3.8, 4) is 0 Å². The highest BCUT2D eigenvalue weighted by molar-refractivity contribution is 5.80. The number of H-pyrrole nitrogens is 1. The number of carbonyl (C=O) groups excluding carboxylic acids is 1. The van der Waals surface area contributed by atoms with Crippen LogP contribution in [0.1, 0.15) is 57.3 Å². The number of aromatic nitrogens is 4. The molecule has 0 radical (unpaired) electrons. The normalized spacial score (nSPS) is 12.1. The van der Waals surface area contributed by atoms with Gasteiger partial charge in [-0.3, -0.25) is 18.7 Å². The van der Waals surface area contributed by atoms with E-state index in [1.807, 2.05) is 45.0 Å². The molecule has 0 saturated carbocycles. The molecule has 0 aliphatic rings. The minimum atomic E-state index is -0.312. The summed E-state index contributed by atoms with van der Waals surface area (Å²) in [6, 6.07) is 7.90. The lowest BCUT2D eigenvalue weighted by Crippen LogP contribution is -2.40. The molecular formula is C25H37N7O3. The number of fused-ring (bicyclic) bond motifs is 1. The number of amides is 1. The smallest absolute Gasteiger partial charge is 0.332 e. The number of nitrogens with one attached hydrogen (secondary N) is 3. The van der Waals surface area contributed by atoms with E-state index < -0.39 is 0 Å². The maximum atomic E-state index is 12.9. The van der Waals surface area contributed by atoms with Gasteiger partial charge in [-0.25, -0.2) is 9.78 Å². The van der Waals surface area contributed by atoms with Crippen LogP contribution in [0.4, 0.5) is 5.69 Å². The molecule has 1 unspecified atom stereocenters. The number of aryl methyl sites for hydroxylation is 1. The van der Waals surface area contributed by atoms with E-state index in [0.717, 1.165) is 24.1 Å². The van der Waals surface area contributed by atoms with Gasteiger partial charge in [0.2, 0.25) is 5.91 Å². The van der Waals surface area contributed by atoms with Crippen molar-refractivity contribution >= 4 is 22.8 Å². The van der Waals surface area contributed by atoms with Gasteiger partial charge in [-0.05, 0) is 49.9 Å². The summed E-state index contributed by atoms with van der Waals surface area (Å²) < 4.78 is 2.90. The molecule has 2 aromatic heterocycles. The van der Waals surface area contributed by atoms with Crippen LogP contribution in [0, 0.1) is 0 Å². The van der Waals surface area contributed by atoms with E-state index in [4.69, 9.17) is 5.73 Å². The maximum absolute atomic E-state index is 12.9. The summed E-state index contributed by atoms with van der Waals surface area (Å²) in [5.74, 6) is 0.631. The maximum Gasteiger partial charge on any atom is 0.332 e. The highest BCUT2D eigenvalue weighted by atomic mass is 16.2. The second-order valence-electron chi connectivity index (χ2n) is 8.86. The summed E-state index contributed by atoms with van der Waals surface area (Å²) in [5, 5.41) is 5.93. The minimum Gasteiger partial charge on any atom is -0.376 e. The van der Waals surface area contributed by atoms with Crippen LogP contribution in [0.25, 0.3) is 11.2 Å². The Morgan fingerprint density at radius 3 is 2.46 bits per heavy atom. The van der Waals surface area contributed by atoms with Crippen LogP contribution < -0.4 is 27.6 Å². The fourth-order valence-corrected chi connectivity index (χ4v) is 4.05. The van der Waals surface area contributed by atoms with Crippen LogP contribution >= 0.6 is 0 Å². The van der Waals surface area contributed by atoms with Gasteiger partial charge in [-0.1, -0.05) is 32.9 Å². The van der Waals surface area contributed by atoms with Gasteiger partial charge in [0.25, 0.3) is 5.56 Å². The molecule has 35 heavy (non-hydrogen) atoms. The molecule has 0 spiro atoms. The van der Waals surface area contributed by atoms with E-state index in [9.17, 15) is 14.4 Å². The highest BCUT2D eigenvalue weighted by Crippen LogP contribution is 2.21. The lowest BCUT2D eigenvalue weighted by Gasteiger charge is -2.11. The molecule has 1 amide bonds. The van der Waals surface area contributed by atoms with E-state index in [0.29, 0.717) is 56.0 Å². The zero-order valence-corrected chi connectivity index (χ0v) is 20.9. The topological polar surface area (TPSA) is 140 Å². The fraction of sp³-hybridized carbons (Fsp3) is 0.520. The van der Waals surface area contributed by atoms with Crippen molar-refractivity contribution in [2.24, 2.45) is 5.73 Å². The summed E-state index contributed by atoms with van der Waals surface area (Å²) in [5.41, 5.74) is 7.60. The second kappa shape index (κ2) is 12.3. The van der Waals surface area contributed by atoms with Gasteiger partial charge in [-0.15, -0.1) is 0 Å². The number of aromatic amines is 1. The van der Waals surface area contributed by atoms with Crippen molar-refractivity contribution in [3.05, 3.63) is 56.5 Å². The summed E-state index contributed by atoms with van der Waals surface area (Å²) in [7, 11) is 0. The Balaban J connectivity index is 1.73. The summed E-state index contributed by atoms with van der Waals surface area (Å²) in [4.78, 5) is 45.5. The second-order valence-corrected chi connectivity index (χ2v) is 8.86. The molecule has 190 valence electrons. The Kier molecular flexibility index (Phi) is 9.25. The van der Waals surface area contributed by atoms with Crippen molar-refractivity contribution in [2.45, 2.75) is 65.5 Å². The number of benzene rings is 1. The SMILES string of the molecule is CCCn1c(=O)c2[nH]c(C(C)Cc3ccc(NCC(=O)NCCCN)cc3)nc2n(CCC)c1=O. The predicted molar refractivity (Wildman–Crippen MR) is 139 cm³/mol. The molecular weight excluding hydrogens is 446 g/mol. The average Bonchev–Trinajstić information content (AvgIpc) is 3.30. The predicted octanol–water partition coefficient (Wildman–Crippen LogP) is 1.93. The van der Waals surface area contributed by atoms with Crippen LogP contribution in [0.2, 0.25) is 0 Å². The van der Waals surface area contributed by atoms with E-state index in [2.05, 4.69) is 20.6 Å². The zero-order valence-electron chi connectivity index (χ0n) is 20.9. The van der Waals surface area contributed by atoms with Crippen molar-refractivity contribution in [1.29, 1.82) is 0 Å². The van der Waals surface area contributed by atoms with E-state index >= 15 is 0 Å². The molecule has 0 aliphatic carbocycles. The van der Waals surface area contributed by atoms with Gasteiger partial charge in [0, 0.05) is 31.2 Å². The number of imidazole rings is 1. The summed E-state index contributed by atoms with van der Waals surface area (Å²) in [6.45, 7) is 8.22. The highest BCUT2D eigenvalue weighted by Gasteiger charge is 2.19. The monoisotopic (exact) mass is 483 g/mol.